The maximum absolute atomic E-state index is 10.1. The summed E-state index contributed by atoms with van der Waals surface area (Å²) in [6.07, 6.45) is 15.0. The summed E-state index contributed by atoms with van der Waals surface area (Å²) in [6, 6.07) is 0. The topological polar surface area (TPSA) is 20.2 Å². The second kappa shape index (κ2) is 5.73. The smallest absolute Gasteiger partial charge is 0.0577 e. The van der Waals surface area contributed by atoms with Gasteiger partial charge < -0.3 is 5.11 Å². The predicted molar refractivity (Wildman–Crippen MR) is 101 cm³/mol. The zero-order valence-electron chi connectivity index (χ0n) is 16.1. The number of fused-ring (bicyclic) bond motifs is 5. The van der Waals surface area contributed by atoms with Crippen LogP contribution in [0.3, 0.4) is 0 Å². The molecule has 4 rings (SSSR count). The summed E-state index contributed by atoms with van der Waals surface area (Å²) >= 11 is 0. The van der Waals surface area contributed by atoms with E-state index in [1.165, 1.54) is 38.5 Å². The van der Waals surface area contributed by atoms with Gasteiger partial charge in [-0.2, -0.15) is 0 Å². The first-order valence-corrected chi connectivity index (χ1v) is 10.4. The Kier molecular flexibility index (Phi) is 4.03. The molecule has 0 unspecified atom stereocenters. The molecule has 24 heavy (non-hydrogen) atoms. The lowest BCUT2D eigenvalue weighted by Crippen LogP contribution is -2.50. The molecule has 3 saturated carbocycles. The van der Waals surface area contributed by atoms with Gasteiger partial charge >= 0.3 is 0 Å². The third-order valence-electron chi connectivity index (χ3n) is 9.08. The average Bonchev–Trinajstić information content (AvgIpc) is 2.92. The molecule has 3 fully saturated rings. The molecule has 7 atom stereocenters. The van der Waals surface area contributed by atoms with Gasteiger partial charge in [-0.1, -0.05) is 37.1 Å². The summed E-state index contributed by atoms with van der Waals surface area (Å²) in [4.78, 5) is 0. The molecule has 1 N–H and O–H groups in total. The van der Waals surface area contributed by atoms with Gasteiger partial charge in [-0.3, -0.25) is 0 Å². The van der Waals surface area contributed by atoms with Crippen molar-refractivity contribution in [2.75, 3.05) is 0 Å². The van der Waals surface area contributed by atoms with Crippen LogP contribution in [0, 0.1) is 34.5 Å². The monoisotopic (exact) mass is 328 g/mol. The Hall–Kier alpha value is -0.560. The Balaban J connectivity index is 1.65. The molecule has 4 aliphatic carbocycles. The molecule has 0 heterocycles. The van der Waals surface area contributed by atoms with Crippen LogP contribution in [0.5, 0.6) is 0 Å². The minimum absolute atomic E-state index is 0.0806. The minimum atomic E-state index is -0.0806. The number of rotatable bonds is 1. The average molecular weight is 329 g/mol. The zero-order chi connectivity index (χ0) is 17.1. The maximum Gasteiger partial charge on any atom is 0.0577 e. The molecule has 0 amide bonds. The molecule has 0 aromatic carbocycles. The molecule has 0 aromatic rings. The van der Waals surface area contributed by atoms with E-state index in [1.807, 2.05) is 0 Å². The number of hydrogen-bond acceptors (Lipinski definition) is 1. The Labute approximate surface area is 148 Å². The highest BCUT2D eigenvalue weighted by molar-refractivity contribution is 5.26. The number of hydrogen-bond donors (Lipinski definition) is 1. The summed E-state index contributed by atoms with van der Waals surface area (Å²) in [5, 5.41) is 10.1. The van der Waals surface area contributed by atoms with E-state index in [2.05, 4.69) is 39.8 Å². The van der Waals surface area contributed by atoms with Gasteiger partial charge in [-0.25, -0.2) is 0 Å². The third-order valence-corrected chi connectivity index (χ3v) is 9.08. The fraction of sp³-hybridized carbons (Fsp3) is 0.826. The normalized spacial score (nSPS) is 51.5. The van der Waals surface area contributed by atoms with Crippen molar-refractivity contribution in [2.45, 2.75) is 85.2 Å². The zero-order valence-corrected chi connectivity index (χ0v) is 16.1. The summed E-state index contributed by atoms with van der Waals surface area (Å²) < 4.78 is 0. The second-order valence-corrected chi connectivity index (χ2v) is 9.86. The van der Waals surface area contributed by atoms with Gasteiger partial charge in [0.05, 0.1) is 6.10 Å². The molecule has 0 aromatic heterocycles. The molecule has 134 valence electrons. The van der Waals surface area contributed by atoms with Crippen LogP contribution in [0.2, 0.25) is 0 Å². The summed E-state index contributed by atoms with van der Waals surface area (Å²) in [7, 11) is 0. The van der Waals surface area contributed by atoms with Crippen molar-refractivity contribution in [2.24, 2.45) is 34.5 Å². The highest BCUT2D eigenvalue weighted by atomic mass is 16.3. The van der Waals surface area contributed by atoms with Crippen LogP contribution in [-0.4, -0.2) is 11.2 Å². The van der Waals surface area contributed by atoms with Gasteiger partial charge in [-0.05, 0) is 99.7 Å². The van der Waals surface area contributed by atoms with E-state index in [0.29, 0.717) is 10.8 Å². The minimum Gasteiger partial charge on any atom is -0.393 e. The first-order valence-electron chi connectivity index (χ1n) is 10.4. The molecule has 0 saturated heterocycles. The van der Waals surface area contributed by atoms with Gasteiger partial charge in [0.15, 0.2) is 0 Å². The van der Waals surface area contributed by atoms with Crippen LogP contribution in [-0.2, 0) is 0 Å². The van der Waals surface area contributed by atoms with Crippen molar-refractivity contribution in [1.29, 1.82) is 0 Å². The molecule has 4 aliphatic rings. The molecule has 0 radical (unpaired) electrons. The van der Waals surface area contributed by atoms with Gasteiger partial charge in [0.25, 0.3) is 0 Å². The molecule has 1 heteroatoms. The van der Waals surface area contributed by atoms with Crippen LogP contribution in [0.1, 0.15) is 79.1 Å². The highest BCUT2D eigenvalue weighted by Crippen LogP contribution is 2.67. The van der Waals surface area contributed by atoms with Gasteiger partial charge in [0.2, 0.25) is 0 Å². The third kappa shape index (κ3) is 2.23. The quantitative estimate of drug-likeness (QED) is 0.595. The van der Waals surface area contributed by atoms with Gasteiger partial charge in [0, 0.05) is 0 Å². The molecular formula is C23H36O. The Morgan fingerprint density at radius 2 is 1.92 bits per heavy atom. The summed E-state index contributed by atoms with van der Waals surface area (Å²) in [5.41, 5.74) is 4.16. The van der Waals surface area contributed by atoms with Crippen molar-refractivity contribution in [3.8, 4) is 0 Å². The van der Waals surface area contributed by atoms with Crippen molar-refractivity contribution in [3.63, 3.8) is 0 Å². The van der Waals surface area contributed by atoms with E-state index in [-0.39, 0.29) is 6.10 Å². The first kappa shape index (κ1) is 16.9. The van der Waals surface area contributed by atoms with Crippen LogP contribution in [0.25, 0.3) is 0 Å². The Bertz CT molecular complexity index is 573. The largest absolute Gasteiger partial charge is 0.393 e. The SMILES string of the molecule is CC=C(C)[C@H]1CC[C@H]2[C@@H]3CC=C4C[C@@H](O)CC[C@]4(C)[C@H]3CC[C@]12C. The number of allylic oxidation sites excluding steroid dienone is 3. The molecule has 0 spiro atoms. The van der Waals surface area contributed by atoms with Crippen LogP contribution >= 0.6 is 0 Å². The molecule has 0 aliphatic heterocycles. The lowest BCUT2D eigenvalue weighted by Gasteiger charge is -2.58. The van der Waals surface area contributed by atoms with E-state index in [4.69, 9.17) is 0 Å². The number of aliphatic hydroxyl groups excluding tert-OH is 1. The van der Waals surface area contributed by atoms with Gasteiger partial charge in [-0.15, -0.1) is 0 Å². The second-order valence-electron chi connectivity index (χ2n) is 9.86. The Morgan fingerprint density at radius 1 is 1.12 bits per heavy atom. The predicted octanol–water partition coefficient (Wildman–Crippen LogP) is 5.89. The molecular weight excluding hydrogens is 292 g/mol. The lowest BCUT2D eigenvalue weighted by atomic mass is 9.47. The van der Waals surface area contributed by atoms with E-state index < -0.39 is 0 Å². The number of aliphatic hydroxyl groups is 1. The summed E-state index contributed by atoms with van der Waals surface area (Å²) in [5.74, 6) is 3.49. The fourth-order valence-corrected chi connectivity index (χ4v) is 7.59. The van der Waals surface area contributed by atoms with E-state index in [9.17, 15) is 5.11 Å². The molecule has 1 nitrogen and oxygen atoms in total. The van der Waals surface area contributed by atoms with E-state index in [1.54, 1.807) is 11.1 Å². The van der Waals surface area contributed by atoms with Crippen molar-refractivity contribution in [1.82, 2.24) is 0 Å². The van der Waals surface area contributed by atoms with Crippen molar-refractivity contribution < 1.29 is 5.11 Å². The van der Waals surface area contributed by atoms with Crippen molar-refractivity contribution in [3.05, 3.63) is 23.3 Å². The fourth-order valence-electron chi connectivity index (χ4n) is 7.59. The first-order chi connectivity index (χ1) is 11.4. The molecule has 0 bridgehead atoms. The van der Waals surface area contributed by atoms with Crippen LogP contribution in [0.4, 0.5) is 0 Å². The van der Waals surface area contributed by atoms with Gasteiger partial charge in [0.1, 0.15) is 0 Å². The highest BCUT2D eigenvalue weighted by Gasteiger charge is 2.58. The Morgan fingerprint density at radius 3 is 2.67 bits per heavy atom. The van der Waals surface area contributed by atoms with Crippen molar-refractivity contribution >= 4 is 0 Å². The maximum atomic E-state index is 10.1. The lowest BCUT2D eigenvalue weighted by molar-refractivity contribution is -0.0454. The summed E-state index contributed by atoms with van der Waals surface area (Å²) in [6.45, 7) is 9.74. The van der Waals surface area contributed by atoms with Crippen LogP contribution in [0.15, 0.2) is 23.3 Å². The van der Waals surface area contributed by atoms with E-state index >= 15 is 0 Å². The van der Waals surface area contributed by atoms with E-state index in [0.717, 1.165) is 36.5 Å². The van der Waals surface area contributed by atoms with Crippen LogP contribution < -0.4 is 0 Å². The standard InChI is InChI=1S/C23H36O/c1-5-15(2)19-8-9-20-18-7-6-16-14-17(24)10-12-22(16,3)21(18)11-13-23(19,20)4/h5-6,17-21,24H,7-14H2,1-4H3/t17-,18-,19+,20-,21-,22-,23+/m0/s1.